The van der Waals surface area contributed by atoms with Crippen LogP contribution < -0.4 is 0 Å². The van der Waals surface area contributed by atoms with Crippen molar-refractivity contribution >= 4 is 11.9 Å². The topological polar surface area (TPSA) is 77.8 Å². The minimum absolute atomic E-state index is 0.0901. The Balaban J connectivity index is 2.03. The minimum atomic E-state index is -0.869. The van der Waals surface area contributed by atoms with Gasteiger partial charge in [-0.05, 0) is 26.2 Å². The van der Waals surface area contributed by atoms with E-state index in [4.69, 9.17) is 5.11 Å². The van der Waals surface area contributed by atoms with Crippen LogP contribution in [0, 0.1) is 11.8 Å². The maximum absolute atomic E-state index is 12.2. The fourth-order valence-corrected chi connectivity index (χ4v) is 2.92. The van der Waals surface area contributed by atoms with Crippen molar-refractivity contribution in [3.8, 4) is 0 Å². The van der Waals surface area contributed by atoms with E-state index in [1.807, 2.05) is 0 Å². The quantitative estimate of drug-likeness (QED) is 0.736. The zero-order valence-electron chi connectivity index (χ0n) is 10.1. The van der Waals surface area contributed by atoms with Crippen LogP contribution >= 0.6 is 0 Å². The molecule has 0 spiro atoms. The predicted molar refractivity (Wildman–Crippen MR) is 60.3 cm³/mol. The van der Waals surface area contributed by atoms with Crippen LogP contribution in [0.5, 0.6) is 0 Å². The van der Waals surface area contributed by atoms with Gasteiger partial charge in [0.1, 0.15) is 0 Å². The molecule has 1 heterocycles. The third-order valence-corrected chi connectivity index (χ3v) is 3.91. The van der Waals surface area contributed by atoms with E-state index < -0.39 is 17.5 Å². The summed E-state index contributed by atoms with van der Waals surface area (Å²) in [6, 6.07) is 0. The van der Waals surface area contributed by atoms with E-state index in [-0.39, 0.29) is 11.8 Å². The normalized spacial score (nSPS) is 37.4. The van der Waals surface area contributed by atoms with Gasteiger partial charge in [-0.2, -0.15) is 0 Å². The number of likely N-dealkylation sites (tertiary alicyclic amines) is 1. The second-order valence-corrected chi connectivity index (χ2v) is 5.49. The Morgan fingerprint density at radius 3 is 2.47 bits per heavy atom. The van der Waals surface area contributed by atoms with Gasteiger partial charge >= 0.3 is 5.97 Å². The average Bonchev–Trinajstić information content (AvgIpc) is 2.82. The highest BCUT2D eigenvalue weighted by atomic mass is 16.4. The SMILES string of the molecule is CC1(O)CCN(C(=O)[C@@H]2CCC[C@@H]2C(=O)O)C1. The molecule has 0 bridgehead atoms. The number of hydrogen-bond acceptors (Lipinski definition) is 3. The van der Waals surface area contributed by atoms with Gasteiger partial charge in [0.15, 0.2) is 0 Å². The molecule has 5 heteroatoms. The monoisotopic (exact) mass is 241 g/mol. The lowest BCUT2D eigenvalue weighted by atomic mass is 9.95. The van der Waals surface area contributed by atoms with E-state index >= 15 is 0 Å². The molecule has 1 unspecified atom stereocenters. The molecule has 3 atom stereocenters. The Kier molecular flexibility index (Phi) is 3.12. The van der Waals surface area contributed by atoms with Crippen molar-refractivity contribution in [1.29, 1.82) is 0 Å². The number of hydrogen-bond donors (Lipinski definition) is 2. The standard InChI is InChI=1S/C12H19NO4/c1-12(17)5-6-13(7-12)10(14)8-3-2-4-9(8)11(15)16/h8-9,17H,2-7H2,1H3,(H,15,16)/t8-,9+,12?/m1/s1. The first-order chi connectivity index (χ1) is 7.91. The first-order valence-corrected chi connectivity index (χ1v) is 6.15. The molecular formula is C12H19NO4. The van der Waals surface area contributed by atoms with Crippen LogP contribution in [0.25, 0.3) is 0 Å². The van der Waals surface area contributed by atoms with Crippen LogP contribution in [0.3, 0.4) is 0 Å². The summed E-state index contributed by atoms with van der Waals surface area (Å²) in [7, 11) is 0. The van der Waals surface area contributed by atoms with E-state index in [0.717, 1.165) is 6.42 Å². The molecule has 5 nitrogen and oxygen atoms in total. The zero-order valence-corrected chi connectivity index (χ0v) is 10.1. The van der Waals surface area contributed by atoms with Gasteiger partial charge in [0, 0.05) is 13.1 Å². The Labute approximate surface area is 100 Å². The van der Waals surface area contributed by atoms with Crippen LogP contribution in [-0.2, 0) is 9.59 Å². The summed E-state index contributed by atoms with van der Waals surface area (Å²) in [5, 5.41) is 18.9. The molecule has 2 aliphatic rings. The highest BCUT2D eigenvalue weighted by Crippen LogP contribution is 2.34. The van der Waals surface area contributed by atoms with Gasteiger partial charge in [0.2, 0.25) is 5.91 Å². The number of rotatable bonds is 2. The van der Waals surface area contributed by atoms with Gasteiger partial charge < -0.3 is 15.1 Å². The summed E-state index contributed by atoms with van der Waals surface area (Å²) in [4.78, 5) is 24.9. The maximum atomic E-state index is 12.2. The van der Waals surface area contributed by atoms with Gasteiger partial charge in [-0.25, -0.2) is 0 Å². The fourth-order valence-electron chi connectivity index (χ4n) is 2.92. The van der Waals surface area contributed by atoms with Gasteiger partial charge in [0.05, 0.1) is 17.4 Å². The summed E-state index contributed by atoms with van der Waals surface area (Å²) in [5.74, 6) is -1.88. The Hall–Kier alpha value is -1.10. The molecule has 0 aromatic heterocycles. The van der Waals surface area contributed by atoms with E-state index in [9.17, 15) is 14.7 Å². The second-order valence-electron chi connectivity index (χ2n) is 5.49. The molecule has 0 aromatic carbocycles. The smallest absolute Gasteiger partial charge is 0.307 e. The third kappa shape index (κ3) is 2.44. The van der Waals surface area contributed by atoms with Gasteiger partial charge in [-0.15, -0.1) is 0 Å². The number of carboxylic acid groups (broad SMARTS) is 1. The number of carboxylic acids is 1. The molecule has 96 valence electrons. The largest absolute Gasteiger partial charge is 0.481 e. The molecule has 1 aliphatic heterocycles. The summed E-state index contributed by atoms with van der Waals surface area (Å²) >= 11 is 0. The molecule has 2 rings (SSSR count). The molecule has 0 radical (unpaired) electrons. The van der Waals surface area contributed by atoms with Crippen LogP contribution in [0.2, 0.25) is 0 Å². The molecule has 17 heavy (non-hydrogen) atoms. The van der Waals surface area contributed by atoms with E-state index in [1.54, 1.807) is 11.8 Å². The summed E-state index contributed by atoms with van der Waals surface area (Å²) < 4.78 is 0. The molecular weight excluding hydrogens is 222 g/mol. The lowest BCUT2D eigenvalue weighted by molar-refractivity contribution is -0.149. The Bertz CT molecular complexity index is 339. The molecule has 2 fully saturated rings. The first-order valence-electron chi connectivity index (χ1n) is 6.15. The van der Waals surface area contributed by atoms with Crippen LogP contribution in [0.1, 0.15) is 32.6 Å². The highest BCUT2D eigenvalue weighted by molar-refractivity contribution is 5.85. The van der Waals surface area contributed by atoms with Crippen molar-refractivity contribution in [3.63, 3.8) is 0 Å². The Morgan fingerprint density at radius 2 is 1.94 bits per heavy atom. The molecule has 0 aromatic rings. The van der Waals surface area contributed by atoms with Gasteiger partial charge in [-0.3, -0.25) is 9.59 Å². The van der Waals surface area contributed by atoms with Crippen molar-refractivity contribution < 1.29 is 19.8 Å². The van der Waals surface area contributed by atoms with Crippen molar-refractivity contribution in [3.05, 3.63) is 0 Å². The van der Waals surface area contributed by atoms with Crippen molar-refractivity contribution in [2.24, 2.45) is 11.8 Å². The maximum Gasteiger partial charge on any atom is 0.307 e. The number of nitrogens with zero attached hydrogens (tertiary/aromatic N) is 1. The van der Waals surface area contributed by atoms with E-state index in [2.05, 4.69) is 0 Å². The molecule has 1 amide bonds. The molecule has 1 saturated carbocycles. The minimum Gasteiger partial charge on any atom is -0.481 e. The van der Waals surface area contributed by atoms with Gasteiger partial charge in [-0.1, -0.05) is 6.42 Å². The van der Waals surface area contributed by atoms with Gasteiger partial charge in [0.25, 0.3) is 0 Å². The highest BCUT2D eigenvalue weighted by Gasteiger charge is 2.43. The van der Waals surface area contributed by atoms with Crippen LogP contribution in [0.15, 0.2) is 0 Å². The molecule has 1 aliphatic carbocycles. The Morgan fingerprint density at radius 1 is 1.29 bits per heavy atom. The van der Waals surface area contributed by atoms with Crippen LogP contribution in [-0.4, -0.2) is 45.7 Å². The number of aliphatic hydroxyl groups is 1. The van der Waals surface area contributed by atoms with Crippen molar-refractivity contribution in [1.82, 2.24) is 4.90 Å². The van der Waals surface area contributed by atoms with E-state index in [1.165, 1.54) is 0 Å². The zero-order chi connectivity index (χ0) is 12.6. The number of carbonyl (C=O) groups excluding carboxylic acids is 1. The molecule has 2 N–H and O–H groups in total. The average molecular weight is 241 g/mol. The number of aliphatic carboxylic acids is 1. The third-order valence-electron chi connectivity index (χ3n) is 3.91. The molecule has 1 saturated heterocycles. The lowest BCUT2D eigenvalue weighted by Gasteiger charge is -2.24. The van der Waals surface area contributed by atoms with Crippen LogP contribution in [0.4, 0.5) is 0 Å². The fraction of sp³-hybridized carbons (Fsp3) is 0.833. The summed E-state index contributed by atoms with van der Waals surface area (Å²) in [6.07, 6.45) is 2.63. The first kappa shape index (κ1) is 12.4. The lowest BCUT2D eigenvalue weighted by Crippen LogP contribution is -2.40. The van der Waals surface area contributed by atoms with Crippen molar-refractivity contribution in [2.75, 3.05) is 13.1 Å². The summed E-state index contributed by atoms with van der Waals surface area (Å²) in [5.41, 5.74) is -0.813. The van der Waals surface area contributed by atoms with E-state index in [0.29, 0.717) is 32.4 Å². The predicted octanol–water partition coefficient (Wildman–Crippen LogP) is 0.471. The number of amides is 1. The summed E-state index contributed by atoms with van der Waals surface area (Å²) in [6.45, 7) is 2.58. The van der Waals surface area contributed by atoms with Crippen molar-refractivity contribution in [2.45, 2.75) is 38.2 Å². The number of β-amino-alcohol motifs (C(OH)–C–C–N with tert-alkyl or cyclic N) is 1. The second kappa shape index (κ2) is 4.29. The number of carbonyl (C=O) groups is 2.